The summed E-state index contributed by atoms with van der Waals surface area (Å²) in [5.41, 5.74) is 5.48. The number of halogens is 1. The van der Waals surface area contributed by atoms with Crippen molar-refractivity contribution in [3.05, 3.63) is 69.2 Å². The smallest absolute Gasteiger partial charge is 0.0175 e. The van der Waals surface area contributed by atoms with Crippen molar-refractivity contribution in [2.75, 3.05) is 0 Å². The molecule has 16 heavy (non-hydrogen) atoms. The van der Waals surface area contributed by atoms with Crippen LogP contribution in [0.1, 0.15) is 22.3 Å². The van der Waals surface area contributed by atoms with Crippen LogP contribution in [-0.2, 0) is 6.42 Å². The van der Waals surface area contributed by atoms with Crippen molar-refractivity contribution >= 4 is 15.9 Å². The molecule has 2 aromatic carbocycles. The van der Waals surface area contributed by atoms with Gasteiger partial charge in [-0.25, -0.2) is 0 Å². The molecular weight excluding hydrogens is 260 g/mol. The lowest BCUT2D eigenvalue weighted by molar-refractivity contribution is 1.15. The monoisotopic (exact) mass is 274 g/mol. The van der Waals surface area contributed by atoms with Gasteiger partial charge in [0.05, 0.1) is 0 Å². The van der Waals surface area contributed by atoms with Gasteiger partial charge in [-0.2, -0.15) is 0 Å². The lowest BCUT2D eigenvalue weighted by atomic mass is 9.99. The highest BCUT2D eigenvalue weighted by Gasteiger charge is 2.00. The lowest BCUT2D eigenvalue weighted by Gasteiger charge is -2.07. The summed E-state index contributed by atoms with van der Waals surface area (Å²) in [5, 5.41) is 0. The van der Waals surface area contributed by atoms with Crippen molar-refractivity contribution in [3.8, 4) is 0 Å². The van der Waals surface area contributed by atoms with Crippen molar-refractivity contribution in [2.45, 2.75) is 20.3 Å². The van der Waals surface area contributed by atoms with E-state index in [2.05, 4.69) is 72.2 Å². The van der Waals surface area contributed by atoms with Gasteiger partial charge in [0.25, 0.3) is 0 Å². The molecule has 0 aliphatic carbocycles. The van der Waals surface area contributed by atoms with Crippen LogP contribution >= 0.6 is 15.9 Å². The first-order valence-corrected chi connectivity index (χ1v) is 6.25. The van der Waals surface area contributed by atoms with Crippen LogP contribution in [0.5, 0.6) is 0 Å². The van der Waals surface area contributed by atoms with Gasteiger partial charge >= 0.3 is 0 Å². The van der Waals surface area contributed by atoms with Gasteiger partial charge in [-0.1, -0.05) is 51.8 Å². The predicted molar refractivity (Wildman–Crippen MR) is 72.9 cm³/mol. The Balaban J connectivity index is 2.23. The van der Waals surface area contributed by atoms with Gasteiger partial charge in [-0.15, -0.1) is 0 Å². The maximum absolute atomic E-state index is 3.45. The van der Waals surface area contributed by atoms with Crippen LogP contribution < -0.4 is 0 Å². The summed E-state index contributed by atoms with van der Waals surface area (Å²) in [6.45, 7) is 4.32. The van der Waals surface area contributed by atoms with Gasteiger partial charge in [0.1, 0.15) is 0 Å². The molecule has 0 unspecified atom stereocenters. The molecular formula is C15H15Br. The van der Waals surface area contributed by atoms with E-state index in [1.807, 2.05) is 0 Å². The third-order valence-corrected chi connectivity index (χ3v) is 3.33. The van der Waals surface area contributed by atoms with Gasteiger partial charge < -0.3 is 0 Å². The highest BCUT2D eigenvalue weighted by Crippen LogP contribution is 2.17. The summed E-state index contributed by atoms with van der Waals surface area (Å²) in [4.78, 5) is 0. The molecule has 2 aromatic rings. The van der Waals surface area contributed by atoms with E-state index in [0.29, 0.717) is 0 Å². The maximum atomic E-state index is 3.45. The van der Waals surface area contributed by atoms with Gasteiger partial charge in [0.15, 0.2) is 0 Å². The van der Waals surface area contributed by atoms with Gasteiger partial charge in [0, 0.05) is 4.47 Å². The fourth-order valence-electron chi connectivity index (χ4n) is 1.87. The largest absolute Gasteiger partial charge is 0.0590 e. The lowest BCUT2D eigenvalue weighted by Crippen LogP contribution is -1.92. The SMILES string of the molecule is Cc1ccc(Cc2ccc(Br)cc2)c(C)c1. The van der Waals surface area contributed by atoms with E-state index in [-0.39, 0.29) is 0 Å². The van der Waals surface area contributed by atoms with E-state index < -0.39 is 0 Å². The molecule has 0 bridgehead atoms. The highest BCUT2D eigenvalue weighted by atomic mass is 79.9. The van der Waals surface area contributed by atoms with Gasteiger partial charge in [0.2, 0.25) is 0 Å². The van der Waals surface area contributed by atoms with E-state index in [0.717, 1.165) is 10.9 Å². The molecule has 1 heteroatoms. The summed E-state index contributed by atoms with van der Waals surface area (Å²) in [6, 6.07) is 15.2. The molecule has 0 nitrogen and oxygen atoms in total. The first-order chi connectivity index (χ1) is 7.65. The fraction of sp³-hybridized carbons (Fsp3) is 0.200. The zero-order valence-electron chi connectivity index (χ0n) is 9.63. The topological polar surface area (TPSA) is 0 Å². The number of rotatable bonds is 2. The highest BCUT2D eigenvalue weighted by molar-refractivity contribution is 9.10. The minimum Gasteiger partial charge on any atom is -0.0590 e. The summed E-state index contributed by atoms with van der Waals surface area (Å²) < 4.78 is 1.14. The second-order valence-corrected chi connectivity index (χ2v) is 5.15. The molecule has 82 valence electrons. The maximum Gasteiger partial charge on any atom is 0.0175 e. The van der Waals surface area contributed by atoms with Gasteiger partial charge in [-0.05, 0) is 49.1 Å². The summed E-state index contributed by atoms with van der Waals surface area (Å²) in [6.07, 6.45) is 1.01. The summed E-state index contributed by atoms with van der Waals surface area (Å²) >= 11 is 3.45. The Morgan fingerprint density at radius 1 is 0.938 bits per heavy atom. The van der Waals surface area contributed by atoms with Crippen molar-refractivity contribution in [1.82, 2.24) is 0 Å². The Hall–Kier alpha value is -1.08. The van der Waals surface area contributed by atoms with Crippen LogP contribution in [0.25, 0.3) is 0 Å². The molecule has 0 heterocycles. The Kier molecular flexibility index (Phi) is 3.45. The van der Waals surface area contributed by atoms with Crippen molar-refractivity contribution in [3.63, 3.8) is 0 Å². The molecule has 0 spiro atoms. The number of aryl methyl sites for hydroxylation is 2. The van der Waals surface area contributed by atoms with Crippen molar-refractivity contribution in [2.24, 2.45) is 0 Å². The van der Waals surface area contributed by atoms with E-state index >= 15 is 0 Å². The van der Waals surface area contributed by atoms with E-state index in [1.54, 1.807) is 0 Å². The van der Waals surface area contributed by atoms with Crippen LogP contribution in [0.4, 0.5) is 0 Å². The van der Waals surface area contributed by atoms with E-state index in [4.69, 9.17) is 0 Å². The Morgan fingerprint density at radius 2 is 1.62 bits per heavy atom. The molecule has 0 atom stereocenters. The van der Waals surface area contributed by atoms with Crippen LogP contribution in [0.2, 0.25) is 0 Å². The number of hydrogen-bond acceptors (Lipinski definition) is 0. The normalized spacial score (nSPS) is 10.4. The third-order valence-electron chi connectivity index (χ3n) is 2.81. The first kappa shape index (κ1) is 11.4. The van der Waals surface area contributed by atoms with Crippen molar-refractivity contribution in [1.29, 1.82) is 0 Å². The first-order valence-electron chi connectivity index (χ1n) is 5.46. The third kappa shape index (κ3) is 2.73. The van der Waals surface area contributed by atoms with Crippen LogP contribution in [0.3, 0.4) is 0 Å². The molecule has 0 radical (unpaired) electrons. The quantitative estimate of drug-likeness (QED) is 0.748. The summed E-state index contributed by atoms with van der Waals surface area (Å²) in [7, 11) is 0. The molecule has 2 rings (SSSR count). The zero-order valence-corrected chi connectivity index (χ0v) is 11.2. The molecule has 0 saturated heterocycles. The van der Waals surface area contributed by atoms with Crippen molar-refractivity contribution < 1.29 is 0 Å². The van der Waals surface area contributed by atoms with E-state index in [9.17, 15) is 0 Å². The average molecular weight is 275 g/mol. The molecule has 0 saturated carbocycles. The molecule has 0 aliphatic heterocycles. The fourth-order valence-corrected chi connectivity index (χ4v) is 2.13. The van der Waals surface area contributed by atoms with Crippen LogP contribution in [0.15, 0.2) is 46.9 Å². The second-order valence-electron chi connectivity index (χ2n) is 4.23. The summed E-state index contributed by atoms with van der Waals surface area (Å²) in [5.74, 6) is 0. The van der Waals surface area contributed by atoms with Crippen LogP contribution in [-0.4, -0.2) is 0 Å². The second kappa shape index (κ2) is 4.84. The predicted octanol–water partition coefficient (Wildman–Crippen LogP) is 4.66. The number of hydrogen-bond donors (Lipinski definition) is 0. The minimum absolute atomic E-state index is 1.01. The molecule has 0 aliphatic rings. The molecule has 0 fully saturated rings. The molecule has 0 amide bonds. The molecule has 0 N–H and O–H groups in total. The number of benzene rings is 2. The van der Waals surface area contributed by atoms with Gasteiger partial charge in [-0.3, -0.25) is 0 Å². The van der Waals surface area contributed by atoms with Crippen LogP contribution in [0, 0.1) is 13.8 Å². The van der Waals surface area contributed by atoms with E-state index in [1.165, 1.54) is 22.3 Å². The zero-order chi connectivity index (χ0) is 11.5. The Labute approximate surface area is 105 Å². The minimum atomic E-state index is 1.01. The molecule has 0 aromatic heterocycles. The average Bonchev–Trinajstić information content (AvgIpc) is 2.25. The Bertz CT molecular complexity index is 483. The Morgan fingerprint density at radius 3 is 2.25 bits per heavy atom. The standard InChI is InChI=1S/C15H15Br/c1-11-3-6-14(12(2)9-11)10-13-4-7-15(16)8-5-13/h3-9H,10H2,1-2H3.